The molecule has 5 aromatic carbocycles. The Kier molecular flexibility index (Phi) is 22.3. The highest BCUT2D eigenvalue weighted by Crippen LogP contribution is 2.44. The lowest BCUT2D eigenvalue weighted by atomic mass is 9.79. The van der Waals surface area contributed by atoms with Gasteiger partial charge in [-0.25, -0.2) is 9.48 Å². The molecule has 1 amide bonds. The third-order valence-corrected chi connectivity index (χ3v) is 17.2. The number of benzene rings is 5. The second kappa shape index (κ2) is 30.8. The maximum Gasteiger partial charge on any atom is 0.335 e. The molecule has 0 bridgehead atoms. The molecule has 3 aliphatic carbocycles. The highest BCUT2D eigenvalue weighted by Gasteiger charge is 2.54. The molecule has 11 unspecified atom stereocenters. The Hall–Kier alpha value is -6.71. The van der Waals surface area contributed by atoms with E-state index in [2.05, 4.69) is 17.3 Å². The molecule has 4 aliphatic rings. The van der Waals surface area contributed by atoms with E-state index in [4.69, 9.17) is 47.8 Å². The molecule has 0 spiro atoms. The summed E-state index contributed by atoms with van der Waals surface area (Å²) in [6.07, 6.45) is -4.02. The Morgan fingerprint density at radius 3 is 1.78 bits per heavy atom. The molecule has 458 valence electrons. The van der Waals surface area contributed by atoms with E-state index in [0.717, 1.165) is 59.9 Å². The fourth-order valence-electron chi connectivity index (χ4n) is 12.8. The molecule has 4 fully saturated rings. The average Bonchev–Trinajstić information content (AvgIpc) is 1.30. The van der Waals surface area contributed by atoms with Crippen LogP contribution in [0.3, 0.4) is 0 Å². The number of rotatable bonds is 25. The summed E-state index contributed by atoms with van der Waals surface area (Å²) in [5.41, 5.74) is 5.08. The predicted molar refractivity (Wildman–Crippen MR) is 317 cm³/mol. The van der Waals surface area contributed by atoms with Crippen LogP contribution in [0.1, 0.15) is 99.9 Å². The van der Waals surface area contributed by atoms with Gasteiger partial charge in [0.2, 0.25) is 5.91 Å². The summed E-state index contributed by atoms with van der Waals surface area (Å²) in [7, 11) is 1.34. The molecule has 1 aliphatic heterocycles. The summed E-state index contributed by atoms with van der Waals surface area (Å²) in [4.78, 5) is 42.0. The number of methoxy groups -OCH3 is 1. The van der Waals surface area contributed by atoms with Crippen molar-refractivity contribution in [2.75, 3.05) is 13.7 Å². The number of ether oxygens (including phenoxy) is 9. The zero-order chi connectivity index (χ0) is 59.8. The minimum Gasteiger partial charge on any atom is -0.469 e. The van der Waals surface area contributed by atoms with Crippen LogP contribution in [0.4, 0.5) is 0 Å². The fraction of sp³-hybridized carbons (Fsp3) is 0.485. The van der Waals surface area contributed by atoms with Gasteiger partial charge >= 0.3 is 11.9 Å². The van der Waals surface area contributed by atoms with E-state index in [-0.39, 0.29) is 44.5 Å². The third kappa shape index (κ3) is 16.3. The predicted octanol–water partition coefficient (Wildman–Crippen LogP) is 9.05. The van der Waals surface area contributed by atoms with Crippen LogP contribution in [-0.4, -0.2) is 130 Å². The largest absolute Gasteiger partial charge is 0.469 e. The Balaban J connectivity index is 1.04. The number of esters is 2. The van der Waals surface area contributed by atoms with Crippen molar-refractivity contribution >= 4 is 17.8 Å². The summed E-state index contributed by atoms with van der Waals surface area (Å²) >= 11 is 0. The first kappa shape index (κ1) is 62.3. The summed E-state index contributed by atoms with van der Waals surface area (Å²) in [5.74, 6) is -2.48. The van der Waals surface area contributed by atoms with E-state index in [1.807, 2.05) is 158 Å². The van der Waals surface area contributed by atoms with Crippen LogP contribution in [-0.2, 0) is 83.4 Å². The van der Waals surface area contributed by atoms with Gasteiger partial charge < -0.3 is 58.2 Å². The van der Waals surface area contributed by atoms with Gasteiger partial charge in [0.05, 0.1) is 70.0 Å². The van der Waals surface area contributed by atoms with E-state index in [1.165, 1.54) is 14.0 Å². The highest BCUT2D eigenvalue weighted by atomic mass is 16.7. The van der Waals surface area contributed by atoms with Crippen LogP contribution in [0, 0.1) is 17.8 Å². The van der Waals surface area contributed by atoms with Crippen LogP contribution in [0.25, 0.3) is 11.3 Å². The number of nitrogens with one attached hydrogen (secondary N) is 1. The van der Waals surface area contributed by atoms with Gasteiger partial charge in [-0.05, 0) is 59.8 Å². The number of carbonyl (C=O) groups excluding carboxylic acids is 3. The molecule has 2 heterocycles. The smallest absolute Gasteiger partial charge is 0.335 e. The Morgan fingerprint density at radius 2 is 1.21 bits per heavy atom. The minimum atomic E-state index is -1.57. The molecule has 18 heteroatoms. The summed E-state index contributed by atoms with van der Waals surface area (Å²) in [5, 5.41) is 35.6. The lowest BCUT2D eigenvalue weighted by Crippen LogP contribution is -2.67. The van der Waals surface area contributed by atoms with Gasteiger partial charge in [0.25, 0.3) is 0 Å². The normalized spacial score (nSPS) is 28.2. The molecule has 1 saturated heterocycles. The van der Waals surface area contributed by atoms with Crippen molar-refractivity contribution in [2.45, 2.75) is 177 Å². The van der Waals surface area contributed by atoms with E-state index in [9.17, 15) is 24.6 Å². The standard InChI is InChI=1S/C68H82N4O14/c1-44-34-55(63(80-41-48-26-14-6-15-27-48)65(81-42-49-28-16-7-17-29-49)61(44)79-40-47-24-12-5-13-25-47)83-62-54(72-38-53(70-71-72)51-32-20-9-21-33-51)36-52(66(76)78-3)37-56(62)85-68-59(69-45(2)74)64(60(75)58(39-73)86-68)84-57(35-46-22-10-4-11-23-46)67(77)82-43-50-30-18-8-19-31-50/h5-9,12-21,24-33,38,44,46,52,54-65,68,73,75H,4,10-11,22-23,34-37,39-43H2,1-3H3,(H,69,74)/t44?,52?,54-,55?,56?,57+,58+,59?,60?,61?,62?,63?,64?,65?,68-/m1/s1. The molecule has 3 N–H and O–H groups in total. The van der Waals surface area contributed by atoms with E-state index >= 15 is 0 Å². The Morgan fingerprint density at radius 1 is 0.663 bits per heavy atom. The summed E-state index contributed by atoms with van der Waals surface area (Å²) < 4.78 is 62.6. The maximum absolute atomic E-state index is 14.4. The second-order valence-corrected chi connectivity index (χ2v) is 23.4. The molecule has 6 aromatic rings. The van der Waals surface area contributed by atoms with Crippen molar-refractivity contribution in [3.8, 4) is 11.3 Å². The summed E-state index contributed by atoms with van der Waals surface area (Å²) in [6.45, 7) is 3.53. The molecular weight excluding hydrogens is 1100 g/mol. The molecule has 0 radical (unpaired) electrons. The number of aliphatic hydroxyl groups excluding tert-OH is 2. The first-order valence-corrected chi connectivity index (χ1v) is 30.4. The van der Waals surface area contributed by atoms with Crippen molar-refractivity contribution < 1.29 is 67.2 Å². The van der Waals surface area contributed by atoms with E-state index in [1.54, 1.807) is 4.68 Å². The zero-order valence-electron chi connectivity index (χ0n) is 49.3. The first-order valence-electron chi connectivity index (χ1n) is 30.4. The minimum absolute atomic E-state index is 0.00986. The van der Waals surface area contributed by atoms with Crippen LogP contribution in [0.2, 0.25) is 0 Å². The van der Waals surface area contributed by atoms with Gasteiger partial charge in [0, 0.05) is 12.5 Å². The number of aliphatic hydroxyl groups is 2. The molecule has 18 nitrogen and oxygen atoms in total. The molecular formula is C68H82N4O14. The van der Waals surface area contributed by atoms with E-state index < -0.39 is 110 Å². The summed E-state index contributed by atoms with van der Waals surface area (Å²) in [6, 6.07) is 46.7. The first-order chi connectivity index (χ1) is 42.0. The SMILES string of the molecule is COC(=O)C1CC(O[C@@H]2O[C@@H](CO)C(O)C(O[C@@H](CC3CCCCC3)C(=O)OCc3ccccc3)C2NC(C)=O)C(OC2CC(C)C(OCc3ccccc3)C(OCc3ccccc3)C2OCc2ccccc2)[C@H](n2cc(-c3ccccc3)nn2)C1. The number of nitrogens with zero attached hydrogens (tertiary/aromatic N) is 3. The molecule has 3 saturated carbocycles. The zero-order valence-corrected chi connectivity index (χ0v) is 49.3. The molecule has 15 atom stereocenters. The monoisotopic (exact) mass is 1180 g/mol. The van der Waals surface area contributed by atoms with Crippen LogP contribution >= 0.6 is 0 Å². The quantitative estimate of drug-likeness (QED) is 0.0456. The Labute approximate surface area is 503 Å². The fourth-order valence-corrected chi connectivity index (χ4v) is 12.8. The van der Waals surface area contributed by atoms with Gasteiger partial charge in [-0.2, -0.15) is 0 Å². The van der Waals surface area contributed by atoms with Gasteiger partial charge in [0.1, 0.15) is 55.0 Å². The third-order valence-electron chi connectivity index (χ3n) is 17.2. The van der Waals surface area contributed by atoms with Crippen molar-refractivity contribution in [2.24, 2.45) is 17.8 Å². The van der Waals surface area contributed by atoms with Crippen LogP contribution in [0.15, 0.2) is 158 Å². The van der Waals surface area contributed by atoms with Gasteiger partial charge in [-0.1, -0.05) is 196 Å². The Bertz CT molecular complexity index is 3010. The second-order valence-electron chi connectivity index (χ2n) is 23.4. The van der Waals surface area contributed by atoms with Crippen molar-refractivity contribution in [1.29, 1.82) is 0 Å². The number of hydrogen-bond acceptors (Lipinski definition) is 16. The maximum atomic E-state index is 14.4. The van der Waals surface area contributed by atoms with Crippen LogP contribution < -0.4 is 5.32 Å². The van der Waals surface area contributed by atoms with Crippen LogP contribution in [0.5, 0.6) is 0 Å². The van der Waals surface area contributed by atoms with Gasteiger partial charge in [-0.3, -0.25) is 9.59 Å². The molecule has 10 rings (SSSR count). The van der Waals surface area contributed by atoms with Gasteiger partial charge in [0.15, 0.2) is 12.4 Å². The highest BCUT2D eigenvalue weighted by molar-refractivity contribution is 5.75. The lowest BCUT2D eigenvalue weighted by Gasteiger charge is -2.50. The molecule has 1 aromatic heterocycles. The number of aromatic nitrogens is 3. The lowest BCUT2D eigenvalue weighted by molar-refractivity contribution is -0.312. The van der Waals surface area contributed by atoms with Crippen molar-refractivity contribution in [1.82, 2.24) is 20.3 Å². The number of hydrogen-bond donors (Lipinski definition) is 3. The van der Waals surface area contributed by atoms with Crippen molar-refractivity contribution in [3.05, 3.63) is 180 Å². The number of carbonyl (C=O) groups is 3. The van der Waals surface area contributed by atoms with Gasteiger partial charge in [-0.15, -0.1) is 5.10 Å². The topological polar surface area (TPSA) is 217 Å². The molecule has 86 heavy (non-hydrogen) atoms. The number of amides is 1. The van der Waals surface area contributed by atoms with E-state index in [0.29, 0.717) is 25.1 Å². The van der Waals surface area contributed by atoms with Crippen molar-refractivity contribution in [3.63, 3.8) is 0 Å². The average molecular weight is 1180 g/mol.